The number of ether oxygens (including phenoxy) is 5. The van der Waals surface area contributed by atoms with Crippen molar-refractivity contribution < 1.29 is 104 Å². The quantitative estimate of drug-likeness (QED) is 0.0723. The average Bonchev–Trinajstić information content (AvgIpc) is 0.721. The van der Waals surface area contributed by atoms with Gasteiger partial charge in [-0.2, -0.15) is 0 Å². The normalized spacial score (nSPS) is 13.1. The number of para-hydroxylation sites is 3. The molecule has 9 heterocycles. The number of hydrogen-bond donors (Lipinski definition) is 2. The summed E-state index contributed by atoms with van der Waals surface area (Å²) >= 11 is 1.79. The minimum absolute atomic E-state index is 0. The van der Waals surface area contributed by atoms with Crippen molar-refractivity contribution in [1.82, 2.24) is 15.0 Å². The van der Waals surface area contributed by atoms with Crippen LogP contribution in [-0.2, 0) is 69.9 Å². The molecule has 14 nitrogen and oxygen atoms in total. The second kappa shape index (κ2) is 36.2. The Morgan fingerprint density at radius 3 is 0.993 bits per heavy atom. The zero-order chi connectivity index (χ0) is 88.2. The van der Waals surface area contributed by atoms with Gasteiger partial charge in [0.05, 0.1) is 79.6 Å². The van der Waals surface area contributed by atoms with Crippen LogP contribution in [0.2, 0.25) is 0 Å². The fourth-order valence-electron chi connectivity index (χ4n) is 17.9. The van der Waals surface area contributed by atoms with E-state index in [9.17, 15) is 9.59 Å². The van der Waals surface area contributed by atoms with Crippen molar-refractivity contribution in [2.75, 3.05) is 9.80 Å². The first-order chi connectivity index (χ1) is 64.1. The first-order valence-corrected chi connectivity index (χ1v) is 45.1. The number of pyridine rings is 3. The van der Waals surface area contributed by atoms with Gasteiger partial charge in [0, 0.05) is 99.3 Å². The SMILES string of the molecule is CC(=O)C=C(C)O.CC(=O)C=C(C)O.[Ir].[Ir].[Ir].[c-]1c(-c2ccc3ccccc3n2)cc2c3c1Oc1cc4ccccc4cc1N3c1cc3ccccc3cc1O2.[c-]1c(-c2ccc3ccccc3n2)cc2c3c1Oc1cc4ccccc4cc1N3c1cc3ccccc3cc1S2.[c-]1c(-c2ccc3ccccc3n2)cc2c3c1Oc1cc4ccccc4cc1P3c1cc3ccccc3cc1O2. The molecule has 0 spiro atoms. The van der Waals surface area contributed by atoms with E-state index in [2.05, 4.69) is 307 Å². The third kappa shape index (κ3) is 16.4. The van der Waals surface area contributed by atoms with Gasteiger partial charge in [-0.05, 0) is 235 Å². The number of anilines is 6. The van der Waals surface area contributed by atoms with Gasteiger partial charge in [-0.25, -0.2) is 0 Å². The Kier molecular flexibility index (Phi) is 23.7. The molecule has 3 radical (unpaired) electrons. The van der Waals surface area contributed by atoms with E-state index >= 15 is 0 Å². The number of fused-ring (bicyclic) bond motifs is 21. The summed E-state index contributed by atoms with van der Waals surface area (Å²) in [6.45, 7) is 5.70. The molecule has 6 aliphatic heterocycles. The summed E-state index contributed by atoms with van der Waals surface area (Å²) in [6.07, 6.45) is 2.33. The van der Waals surface area contributed by atoms with Crippen LogP contribution >= 0.6 is 19.7 Å². The van der Waals surface area contributed by atoms with Crippen molar-refractivity contribution in [3.05, 3.63) is 388 Å². The first-order valence-electron chi connectivity index (χ1n) is 42.9. The second-order valence-electron chi connectivity index (χ2n) is 32.8. The van der Waals surface area contributed by atoms with Gasteiger partial charge < -0.3 is 43.7 Å². The Labute approximate surface area is 816 Å². The predicted octanol–water partition coefficient (Wildman–Crippen LogP) is 29.8. The zero-order valence-electron chi connectivity index (χ0n) is 71.9. The van der Waals surface area contributed by atoms with Crippen molar-refractivity contribution in [2.45, 2.75) is 37.5 Å². The Morgan fingerprint density at radius 2 is 0.597 bits per heavy atom. The maximum Gasteiger partial charge on any atom is 0.155 e. The molecule has 0 amide bonds. The summed E-state index contributed by atoms with van der Waals surface area (Å²) < 4.78 is 33.2. The number of rotatable bonds is 5. The molecule has 134 heavy (non-hydrogen) atoms. The topological polar surface area (TPSA) is 166 Å². The molecule has 1 unspecified atom stereocenters. The molecule has 2 N–H and O–H groups in total. The van der Waals surface area contributed by atoms with Crippen LogP contribution in [0, 0.1) is 18.2 Å². The number of aliphatic hydroxyl groups excluding tert-OH is 2. The van der Waals surface area contributed by atoms with Gasteiger partial charge in [0.25, 0.3) is 0 Å². The largest absolute Gasteiger partial charge is 0.512 e. The standard InChI is InChI=1S/C35H19N2O2.C35H19N2OS.C35H19NO2P.2C5H8O2.3Ir/c1-3-10-24-17-31-29(15-22(24)8-1)37-30-16-23-9-2-4-11-25(23)18-32(30)39-34-20-26(19-33(38-31)35(34)37)28-14-13-21-7-5-6-12-27(21)36-28;1-3-10-24-17-31-29(15-22(24)8-1)37-30-16-23-9-2-4-11-25(23)19-33(30)39-34-20-26(18-32(38-31)35(34)37)28-14-13-21-7-5-6-12-27(21)36-28;1-3-10-24-19-33-29(15-22(24)8-1)37-31-17-26(28-14-13-21-7-5-6-12-27(21)36-28)18-32-35(31)39(33)34-20-25-11-4-2-9-23(25)16-30(34)38-32;2*1-4(6)3-5(2)7;;;/h1-19H;2*1-17,19-20H;2*3,6H,1-2H3;;;/q3*-1;;;;;. The third-order valence-electron chi connectivity index (χ3n) is 23.7. The average molecular weight is 2310 g/mol. The first kappa shape index (κ1) is 87.5. The van der Waals surface area contributed by atoms with E-state index in [-0.39, 0.29) is 83.4 Å². The summed E-state index contributed by atoms with van der Waals surface area (Å²) in [4.78, 5) is 41.8. The Hall–Kier alpha value is -14.5. The molecule has 0 fully saturated rings. The van der Waals surface area contributed by atoms with Crippen molar-refractivity contribution >= 4 is 179 Å². The number of carbonyl (C=O) groups excluding carboxylic acids is 2. The van der Waals surface area contributed by atoms with E-state index in [1.54, 1.807) is 11.8 Å². The van der Waals surface area contributed by atoms with E-state index in [4.69, 9.17) is 48.8 Å². The number of carbonyl (C=O) groups is 2. The van der Waals surface area contributed by atoms with Crippen LogP contribution in [0.4, 0.5) is 34.1 Å². The molecular weight excluding hydrogens is 2230 g/mol. The zero-order valence-corrected chi connectivity index (χ0v) is 80.8. The molecule has 6 aliphatic rings. The molecule has 27 rings (SSSR count). The molecule has 3 aromatic heterocycles. The number of aromatic nitrogens is 3. The van der Waals surface area contributed by atoms with Crippen LogP contribution in [0.25, 0.3) is 131 Å². The summed E-state index contributed by atoms with van der Waals surface area (Å²) in [5, 5.41) is 37.7. The monoisotopic (exact) mass is 2310 g/mol. The van der Waals surface area contributed by atoms with Gasteiger partial charge in [-0.1, -0.05) is 267 Å². The molecule has 19 heteroatoms. The number of benzene rings is 18. The van der Waals surface area contributed by atoms with Crippen LogP contribution in [0.15, 0.2) is 379 Å². The van der Waals surface area contributed by atoms with E-state index in [1.807, 2.05) is 66.7 Å². The fourth-order valence-corrected chi connectivity index (χ4v) is 21.6. The van der Waals surface area contributed by atoms with Gasteiger partial charge in [0.1, 0.15) is 28.7 Å². The minimum Gasteiger partial charge on any atom is -0.512 e. The Morgan fingerprint density at radius 1 is 0.299 bits per heavy atom. The fraction of sp³-hybridized carbons (Fsp3) is 0.0348. The number of nitrogens with zero attached hydrogens (tertiary/aromatic N) is 5. The van der Waals surface area contributed by atoms with E-state index in [1.165, 1.54) is 87.7 Å². The van der Waals surface area contributed by atoms with Crippen molar-refractivity contribution in [2.24, 2.45) is 0 Å². The number of hydrogen-bond acceptors (Lipinski definition) is 15. The van der Waals surface area contributed by atoms with Crippen molar-refractivity contribution in [1.29, 1.82) is 0 Å². The third-order valence-corrected chi connectivity index (χ3v) is 27.4. The van der Waals surface area contributed by atoms with Gasteiger partial charge in [-0.15, -0.1) is 34.5 Å². The summed E-state index contributed by atoms with van der Waals surface area (Å²) in [5.74, 6) is 7.71. The summed E-state index contributed by atoms with van der Waals surface area (Å²) in [5.41, 5.74) is 14.1. The Balaban J connectivity index is 0.000000115. The molecule has 653 valence electrons. The van der Waals surface area contributed by atoms with Crippen LogP contribution in [0.3, 0.4) is 0 Å². The molecule has 18 aromatic carbocycles. The van der Waals surface area contributed by atoms with Crippen LogP contribution in [0.1, 0.15) is 27.7 Å². The molecular formula is C115H73Ir3N5O9PS-3. The second-order valence-corrected chi connectivity index (χ2v) is 35.9. The molecule has 0 aliphatic carbocycles. The smallest absolute Gasteiger partial charge is 0.155 e. The predicted molar refractivity (Wildman–Crippen MR) is 530 cm³/mol. The van der Waals surface area contributed by atoms with Gasteiger partial charge in [-0.3, -0.25) is 24.5 Å². The van der Waals surface area contributed by atoms with Gasteiger partial charge >= 0.3 is 0 Å². The summed E-state index contributed by atoms with van der Waals surface area (Å²) in [7, 11) is -0.909. The van der Waals surface area contributed by atoms with Gasteiger partial charge in [0.2, 0.25) is 0 Å². The Bertz CT molecular complexity index is 7420. The number of aliphatic hydroxyl groups is 2. The molecule has 21 aromatic rings. The maximum atomic E-state index is 10.0. The molecule has 0 saturated heterocycles. The van der Waals surface area contributed by atoms with E-state index in [0.29, 0.717) is 5.75 Å². The van der Waals surface area contributed by atoms with Crippen LogP contribution < -0.4 is 49.4 Å². The van der Waals surface area contributed by atoms with Crippen molar-refractivity contribution in [3.63, 3.8) is 0 Å². The maximum absolute atomic E-state index is 10.0. The van der Waals surface area contributed by atoms with E-state index < -0.39 is 7.92 Å². The van der Waals surface area contributed by atoms with Crippen molar-refractivity contribution in [3.8, 4) is 91.3 Å². The molecule has 0 saturated carbocycles. The number of ketones is 2. The minimum atomic E-state index is -0.909. The molecule has 0 bridgehead atoms. The van der Waals surface area contributed by atoms with E-state index in [0.717, 1.165) is 195 Å². The molecule has 1 atom stereocenters. The summed E-state index contributed by atoms with van der Waals surface area (Å²) in [6, 6.07) is 131. The van der Waals surface area contributed by atoms with Crippen LogP contribution in [0.5, 0.6) is 57.5 Å². The van der Waals surface area contributed by atoms with Crippen LogP contribution in [-0.4, -0.2) is 36.7 Å². The number of allylic oxidation sites excluding steroid dienone is 4. The van der Waals surface area contributed by atoms with Gasteiger partial charge in [0.15, 0.2) is 11.6 Å².